The average molecular weight is 538 g/mol. The van der Waals surface area contributed by atoms with Gasteiger partial charge in [0.15, 0.2) is 10.9 Å². The smallest absolute Gasteiger partial charge is 0.325 e. The van der Waals surface area contributed by atoms with E-state index in [1.807, 2.05) is 31.1 Å². The number of amides is 2. The van der Waals surface area contributed by atoms with Crippen LogP contribution in [0.5, 0.6) is 0 Å². The predicted octanol–water partition coefficient (Wildman–Crippen LogP) is 6.92. The number of hydrogen-bond donors (Lipinski definition) is 3. The molecular weight excluding hydrogens is 508 g/mol. The van der Waals surface area contributed by atoms with Gasteiger partial charge in [0.25, 0.3) is 0 Å². The number of thiol groups is 1. The van der Waals surface area contributed by atoms with Crippen LogP contribution >= 0.6 is 38.2 Å². The summed E-state index contributed by atoms with van der Waals surface area (Å²) in [5, 5.41) is 10.6. The maximum Gasteiger partial charge on any atom is 0.325 e. The van der Waals surface area contributed by atoms with Gasteiger partial charge in [0, 0.05) is 37.5 Å². The summed E-state index contributed by atoms with van der Waals surface area (Å²) in [6, 6.07) is 5.10. The maximum absolute atomic E-state index is 12.9. The molecule has 0 fully saturated rings. The highest BCUT2D eigenvalue weighted by molar-refractivity contribution is 9.11. The Labute approximate surface area is 204 Å². The summed E-state index contributed by atoms with van der Waals surface area (Å²) in [7, 11) is 3.53. The topological polar surface area (TPSA) is 74.3 Å². The van der Waals surface area contributed by atoms with Crippen LogP contribution in [0.4, 0.5) is 21.3 Å². The van der Waals surface area contributed by atoms with E-state index < -0.39 is 6.03 Å². The average Bonchev–Trinajstić information content (AvgIpc) is 3.38. The fraction of sp³-hybridized carbons (Fsp3) is 0.348. The van der Waals surface area contributed by atoms with Crippen molar-refractivity contribution in [3.05, 3.63) is 56.2 Å². The third-order valence-corrected chi connectivity index (χ3v) is 8.46. The molecule has 2 aromatic rings. The minimum atomic E-state index is -0.413. The number of hydrogen-bond acceptors (Lipinski definition) is 5. The summed E-state index contributed by atoms with van der Waals surface area (Å²) in [6.45, 7) is 2.11. The van der Waals surface area contributed by atoms with Crippen LogP contribution in [-0.2, 0) is 5.75 Å². The number of anilines is 3. The number of thiazole rings is 1. The molecule has 1 aromatic heterocycles. The molecule has 0 unspecified atom stereocenters. The van der Waals surface area contributed by atoms with Crippen molar-refractivity contribution >= 4 is 66.5 Å². The third-order valence-electron chi connectivity index (χ3n) is 4.94. The van der Waals surface area contributed by atoms with E-state index in [4.69, 9.17) is 0 Å². The largest absolute Gasteiger partial charge is 0.378 e. The minimum absolute atomic E-state index is 0.0386. The summed E-state index contributed by atoms with van der Waals surface area (Å²) in [5.74, 6) is 0.877. The van der Waals surface area contributed by atoms with Crippen molar-refractivity contribution in [2.45, 2.75) is 38.4 Å². The van der Waals surface area contributed by atoms with Crippen molar-refractivity contribution in [3.63, 3.8) is 0 Å². The number of nitrogens with one attached hydrogen (secondary N) is 2. The van der Waals surface area contributed by atoms with Crippen LogP contribution < -0.4 is 15.5 Å². The van der Waals surface area contributed by atoms with E-state index in [0.29, 0.717) is 22.8 Å². The van der Waals surface area contributed by atoms with Gasteiger partial charge in [0.2, 0.25) is 0 Å². The van der Waals surface area contributed by atoms with Gasteiger partial charge in [0.05, 0.1) is 15.2 Å². The third kappa shape index (κ3) is 6.70. The summed E-state index contributed by atoms with van der Waals surface area (Å²) < 4.78 is 0.922. The van der Waals surface area contributed by atoms with Gasteiger partial charge >= 0.3 is 6.03 Å². The van der Waals surface area contributed by atoms with Crippen LogP contribution in [0.25, 0.3) is 0 Å². The second kappa shape index (κ2) is 11.7. The van der Waals surface area contributed by atoms with Gasteiger partial charge in [-0.2, -0.15) is 0 Å². The number of Topliss-reactive ketones (excluding diaryl/α,β-unsaturated/α-hetero) is 1. The lowest BCUT2D eigenvalue weighted by Crippen LogP contribution is -2.21. The van der Waals surface area contributed by atoms with E-state index in [-0.39, 0.29) is 16.7 Å². The molecule has 0 saturated carbocycles. The first-order valence-corrected chi connectivity index (χ1v) is 13.8. The Hall–Kier alpha value is -2.10. The first kappa shape index (κ1) is 24.5. The highest BCUT2D eigenvalue weighted by Gasteiger charge is 2.17. The van der Waals surface area contributed by atoms with Gasteiger partial charge in [-0.15, -0.1) is 0 Å². The number of halogens is 1. The normalized spacial score (nSPS) is 13.4. The Morgan fingerprint density at radius 3 is 2.59 bits per heavy atom. The van der Waals surface area contributed by atoms with Gasteiger partial charge in [-0.25, -0.2) is 20.7 Å². The van der Waals surface area contributed by atoms with Crippen LogP contribution in [0.1, 0.15) is 48.7 Å². The zero-order valence-electron chi connectivity index (χ0n) is 18.5. The minimum Gasteiger partial charge on any atom is -0.378 e. The summed E-state index contributed by atoms with van der Waals surface area (Å²) in [6.07, 6.45) is 7.49. The lowest BCUT2D eigenvalue weighted by atomic mass is 10.0. The molecular formula is C23H29BrN4O2S2. The number of ketones is 1. The van der Waals surface area contributed by atoms with E-state index >= 15 is 0 Å². The molecule has 0 radical (unpaired) electrons. The lowest BCUT2D eigenvalue weighted by molar-refractivity contribution is 0.0980. The predicted molar refractivity (Wildman–Crippen MR) is 143 cm³/mol. The quantitative estimate of drug-likeness (QED) is 0.175. The maximum atomic E-state index is 12.9. The Kier molecular flexibility index (Phi) is 8.95. The van der Waals surface area contributed by atoms with Crippen molar-refractivity contribution in [1.82, 2.24) is 4.98 Å². The lowest BCUT2D eigenvalue weighted by Gasteiger charge is -2.17. The fourth-order valence-corrected chi connectivity index (χ4v) is 6.45. The molecule has 2 N–H and O–H groups in total. The standard InChI is InChI=1S/C23H29BrN4O2S2/c1-4-5-6-9-20(29)17-14-16(28(2)3)10-11-18(17)25-22(30)27-23-26-19(21(24)31-23)15-32-12-7-8-13-32/h7-8,10-14,32H,4-6,9,15H2,1-3H3,(H2,25,26,27,30). The molecule has 0 aliphatic carbocycles. The number of benzene rings is 1. The number of unbranched alkanes of at least 4 members (excludes halogenated alkanes) is 2. The molecule has 0 atom stereocenters. The number of carbonyl (C=O) groups is 2. The number of nitrogens with zero attached hydrogens (tertiary/aromatic N) is 2. The molecule has 0 saturated heterocycles. The number of urea groups is 1. The molecule has 1 aliphatic rings. The first-order valence-electron chi connectivity index (χ1n) is 10.6. The summed E-state index contributed by atoms with van der Waals surface area (Å²) in [4.78, 5) is 32.1. The molecule has 32 heavy (non-hydrogen) atoms. The number of aromatic nitrogens is 1. The molecule has 1 aliphatic heterocycles. The molecule has 9 heteroatoms. The van der Waals surface area contributed by atoms with Gasteiger partial charge in [-0.1, -0.05) is 43.3 Å². The van der Waals surface area contributed by atoms with Gasteiger partial charge in [-0.05, 0) is 51.4 Å². The molecule has 1 aromatic carbocycles. The number of carbonyl (C=O) groups excluding carboxylic acids is 2. The number of rotatable bonds is 10. The highest BCUT2D eigenvalue weighted by atomic mass is 79.9. The van der Waals surface area contributed by atoms with E-state index in [1.54, 1.807) is 6.07 Å². The van der Waals surface area contributed by atoms with Crippen LogP contribution in [0, 0.1) is 0 Å². The van der Waals surface area contributed by atoms with Crippen molar-refractivity contribution in [2.75, 3.05) is 29.6 Å². The summed E-state index contributed by atoms with van der Waals surface area (Å²) in [5.41, 5.74) is 2.90. The molecule has 2 amide bonds. The molecule has 6 nitrogen and oxygen atoms in total. The first-order chi connectivity index (χ1) is 15.4. The monoisotopic (exact) mass is 536 g/mol. The van der Waals surface area contributed by atoms with Crippen molar-refractivity contribution < 1.29 is 9.59 Å². The van der Waals surface area contributed by atoms with Crippen LogP contribution in [0.15, 0.2) is 45.0 Å². The van der Waals surface area contributed by atoms with E-state index in [2.05, 4.69) is 61.4 Å². The second-order valence-electron chi connectivity index (χ2n) is 7.68. The van der Waals surface area contributed by atoms with Crippen LogP contribution in [0.2, 0.25) is 0 Å². The Balaban J connectivity index is 1.70. The van der Waals surface area contributed by atoms with Gasteiger partial charge < -0.3 is 10.2 Å². The van der Waals surface area contributed by atoms with Crippen LogP contribution in [0.3, 0.4) is 0 Å². The zero-order chi connectivity index (χ0) is 23.1. The van der Waals surface area contributed by atoms with E-state index in [9.17, 15) is 9.59 Å². The summed E-state index contributed by atoms with van der Waals surface area (Å²) >= 11 is 4.95. The molecule has 0 spiro atoms. The SMILES string of the molecule is CCCCCC(=O)c1cc(N(C)C)ccc1NC(=O)Nc1nc(C[SH]2C=CC=C2)c(Br)s1. The fourth-order valence-electron chi connectivity index (χ4n) is 3.20. The zero-order valence-corrected chi connectivity index (χ0v) is 21.8. The van der Waals surface area contributed by atoms with Crippen molar-refractivity contribution in [3.8, 4) is 0 Å². The van der Waals surface area contributed by atoms with Crippen LogP contribution in [-0.4, -0.2) is 30.9 Å². The number of allylic oxidation sites excluding steroid dienone is 2. The van der Waals surface area contributed by atoms with Crippen molar-refractivity contribution in [2.24, 2.45) is 0 Å². The Bertz CT molecular complexity index is 1020. The van der Waals surface area contributed by atoms with E-state index in [0.717, 1.165) is 40.2 Å². The molecule has 172 valence electrons. The Morgan fingerprint density at radius 2 is 1.91 bits per heavy atom. The molecule has 0 bridgehead atoms. The molecule has 3 rings (SSSR count). The second-order valence-corrected chi connectivity index (χ2v) is 11.9. The highest BCUT2D eigenvalue weighted by Crippen LogP contribution is 2.40. The molecule has 2 heterocycles. The van der Waals surface area contributed by atoms with Gasteiger partial charge in [-0.3, -0.25) is 10.1 Å². The van der Waals surface area contributed by atoms with Gasteiger partial charge in [0.1, 0.15) is 0 Å². The van der Waals surface area contributed by atoms with Crippen molar-refractivity contribution in [1.29, 1.82) is 0 Å². The Morgan fingerprint density at radius 1 is 1.16 bits per heavy atom. The van der Waals surface area contributed by atoms with E-state index in [1.165, 1.54) is 11.3 Å².